The van der Waals surface area contributed by atoms with E-state index in [2.05, 4.69) is 16.8 Å². The van der Waals surface area contributed by atoms with Crippen LogP contribution in [0.5, 0.6) is 0 Å². The smallest absolute Gasteiger partial charge is 0.328 e. The average molecular weight is 281 g/mol. The molecule has 0 spiro atoms. The van der Waals surface area contributed by atoms with Crippen LogP contribution in [-0.2, 0) is 4.79 Å². The summed E-state index contributed by atoms with van der Waals surface area (Å²) in [7, 11) is 2.10. The first-order chi connectivity index (χ1) is 9.06. The van der Waals surface area contributed by atoms with Gasteiger partial charge in [0, 0.05) is 43.0 Å². The molecule has 102 valence electrons. The highest BCUT2D eigenvalue weighted by molar-refractivity contribution is 6.30. The van der Waals surface area contributed by atoms with Crippen LogP contribution in [0.15, 0.2) is 24.3 Å². The van der Waals surface area contributed by atoms with E-state index in [-0.39, 0.29) is 0 Å². The summed E-state index contributed by atoms with van der Waals surface area (Å²) in [6.45, 7) is 3.88. The molecular formula is C14H17ClN2O2. The lowest BCUT2D eigenvalue weighted by molar-refractivity contribution is -0.131. The largest absolute Gasteiger partial charge is 0.478 e. The lowest BCUT2D eigenvalue weighted by Crippen LogP contribution is -2.44. The molecule has 2 rings (SSSR count). The standard InChI is InChI=1S/C14H17ClN2O2/c1-16-6-8-17(9-7-16)13-4-3-12(15)10-11(13)2-5-14(18)19/h2-5,10H,6-9H2,1H3,(H,18,19)/b5-2+. The number of carboxylic acid groups (broad SMARTS) is 1. The van der Waals surface area contributed by atoms with Crippen molar-refractivity contribution in [3.8, 4) is 0 Å². The van der Waals surface area contributed by atoms with Gasteiger partial charge in [-0.1, -0.05) is 11.6 Å². The van der Waals surface area contributed by atoms with Gasteiger partial charge in [-0.3, -0.25) is 0 Å². The minimum Gasteiger partial charge on any atom is -0.478 e. The fourth-order valence-electron chi connectivity index (χ4n) is 2.16. The fraction of sp³-hybridized carbons (Fsp3) is 0.357. The minimum absolute atomic E-state index is 0.614. The molecule has 1 saturated heterocycles. The van der Waals surface area contributed by atoms with Gasteiger partial charge in [-0.15, -0.1) is 0 Å². The summed E-state index contributed by atoms with van der Waals surface area (Å²) < 4.78 is 0. The molecule has 4 nitrogen and oxygen atoms in total. The van der Waals surface area contributed by atoms with Gasteiger partial charge in [0.15, 0.2) is 0 Å². The van der Waals surface area contributed by atoms with Gasteiger partial charge in [-0.25, -0.2) is 4.79 Å². The van der Waals surface area contributed by atoms with Gasteiger partial charge in [0.25, 0.3) is 0 Å². The van der Waals surface area contributed by atoms with Crippen LogP contribution >= 0.6 is 11.6 Å². The summed E-state index contributed by atoms with van der Waals surface area (Å²) in [6.07, 6.45) is 2.74. The van der Waals surface area contributed by atoms with Crippen LogP contribution in [0, 0.1) is 0 Å². The Morgan fingerprint density at radius 3 is 2.63 bits per heavy atom. The molecule has 1 fully saturated rings. The summed E-state index contributed by atoms with van der Waals surface area (Å²) in [5, 5.41) is 9.35. The Labute approximate surface area is 117 Å². The zero-order valence-electron chi connectivity index (χ0n) is 10.8. The normalized spacial score (nSPS) is 17.1. The summed E-state index contributed by atoms with van der Waals surface area (Å²) in [4.78, 5) is 15.2. The first kappa shape index (κ1) is 13.9. The fourth-order valence-corrected chi connectivity index (χ4v) is 2.34. The molecule has 5 heteroatoms. The van der Waals surface area contributed by atoms with Gasteiger partial charge >= 0.3 is 5.97 Å². The molecule has 0 bridgehead atoms. The molecule has 1 aliphatic rings. The number of halogens is 1. The number of carbonyl (C=O) groups is 1. The third-order valence-corrected chi connectivity index (χ3v) is 3.47. The molecular weight excluding hydrogens is 264 g/mol. The number of hydrogen-bond acceptors (Lipinski definition) is 3. The Morgan fingerprint density at radius 1 is 1.32 bits per heavy atom. The van der Waals surface area contributed by atoms with Crippen molar-refractivity contribution in [1.82, 2.24) is 4.90 Å². The Kier molecular flexibility index (Phi) is 4.45. The van der Waals surface area contributed by atoms with Gasteiger partial charge in [0.05, 0.1) is 0 Å². The number of anilines is 1. The topological polar surface area (TPSA) is 43.8 Å². The second kappa shape index (κ2) is 6.08. The number of rotatable bonds is 3. The summed E-state index contributed by atoms with van der Waals surface area (Å²) in [5.74, 6) is -0.954. The zero-order valence-corrected chi connectivity index (χ0v) is 11.6. The van der Waals surface area contributed by atoms with Crippen molar-refractivity contribution in [3.63, 3.8) is 0 Å². The zero-order chi connectivity index (χ0) is 13.8. The molecule has 0 aliphatic carbocycles. The molecule has 1 heterocycles. The minimum atomic E-state index is -0.954. The van der Waals surface area contributed by atoms with Crippen LogP contribution < -0.4 is 4.90 Å². The number of nitrogens with zero attached hydrogens (tertiary/aromatic N) is 2. The second-order valence-electron chi connectivity index (χ2n) is 4.67. The van der Waals surface area contributed by atoms with E-state index in [1.807, 2.05) is 12.1 Å². The average Bonchev–Trinajstić information content (AvgIpc) is 2.38. The highest BCUT2D eigenvalue weighted by atomic mass is 35.5. The molecule has 1 N–H and O–H groups in total. The van der Waals surface area contributed by atoms with E-state index < -0.39 is 5.97 Å². The van der Waals surface area contributed by atoms with Crippen LogP contribution in [0.25, 0.3) is 6.08 Å². The molecule has 0 unspecified atom stereocenters. The van der Waals surface area contributed by atoms with E-state index >= 15 is 0 Å². The first-order valence-electron chi connectivity index (χ1n) is 6.20. The van der Waals surface area contributed by atoms with Crippen LogP contribution in [-0.4, -0.2) is 49.2 Å². The van der Waals surface area contributed by atoms with Gasteiger partial charge in [0.2, 0.25) is 0 Å². The first-order valence-corrected chi connectivity index (χ1v) is 6.58. The molecule has 0 atom stereocenters. The van der Waals surface area contributed by atoms with E-state index in [9.17, 15) is 4.79 Å². The monoisotopic (exact) mass is 280 g/mol. The second-order valence-corrected chi connectivity index (χ2v) is 5.10. The van der Waals surface area contributed by atoms with E-state index in [0.29, 0.717) is 5.02 Å². The maximum atomic E-state index is 10.6. The number of carboxylic acids is 1. The van der Waals surface area contributed by atoms with Crippen LogP contribution in [0.4, 0.5) is 5.69 Å². The quantitative estimate of drug-likeness (QED) is 0.862. The number of aliphatic carboxylic acids is 1. The molecule has 1 aromatic rings. The SMILES string of the molecule is CN1CCN(c2ccc(Cl)cc2/C=C/C(=O)O)CC1. The Hall–Kier alpha value is -1.52. The van der Waals surface area contributed by atoms with Gasteiger partial charge in [-0.05, 0) is 36.9 Å². The van der Waals surface area contributed by atoms with Crippen LogP contribution in [0.2, 0.25) is 5.02 Å². The van der Waals surface area contributed by atoms with Crippen molar-refractivity contribution in [2.24, 2.45) is 0 Å². The predicted octanol–water partition coefficient (Wildman–Crippen LogP) is 2.19. The summed E-state index contributed by atoms with van der Waals surface area (Å²) >= 11 is 5.99. The van der Waals surface area contributed by atoms with E-state index in [0.717, 1.165) is 43.5 Å². The third kappa shape index (κ3) is 3.72. The summed E-state index contributed by atoms with van der Waals surface area (Å²) in [6, 6.07) is 5.59. The van der Waals surface area contributed by atoms with Crippen molar-refractivity contribution in [2.75, 3.05) is 38.1 Å². The molecule has 0 amide bonds. The number of benzene rings is 1. The summed E-state index contributed by atoms with van der Waals surface area (Å²) in [5.41, 5.74) is 1.88. The number of piperazine rings is 1. The number of likely N-dealkylation sites (N-methyl/N-ethyl adjacent to an activating group) is 1. The molecule has 1 aliphatic heterocycles. The predicted molar refractivity (Wildman–Crippen MR) is 77.8 cm³/mol. The molecule has 0 saturated carbocycles. The van der Waals surface area contributed by atoms with Crippen LogP contribution in [0.3, 0.4) is 0 Å². The lowest BCUT2D eigenvalue weighted by atomic mass is 10.1. The lowest BCUT2D eigenvalue weighted by Gasteiger charge is -2.35. The number of hydrogen-bond donors (Lipinski definition) is 1. The van der Waals surface area contributed by atoms with Crippen molar-refractivity contribution in [2.45, 2.75) is 0 Å². The Balaban J connectivity index is 2.26. The van der Waals surface area contributed by atoms with Gasteiger partial charge in [0.1, 0.15) is 0 Å². The van der Waals surface area contributed by atoms with Crippen molar-refractivity contribution in [1.29, 1.82) is 0 Å². The Morgan fingerprint density at radius 2 is 2.00 bits per heavy atom. The molecule has 19 heavy (non-hydrogen) atoms. The highest BCUT2D eigenvalue weighted by Crippen LogP contribution is 2.26. The van der Waals surface area contributed by atoms with Crippen molar-refractivity contribution in [3.05, 3.63) is 34.9 Å². The Bertz CT molecular complexity index is 494. The molecule has 0 aromatic heterocycles. The van der Waals surface area contributed by atoms with Crippen molar-refractivity contribution >= 4 is 29.3 Å². The molecule has 0 radical (unpaired) electrons. The van der Waals surface area contributed by atoms with Gasteiger partial charge < -0.3 is 14.9 Å². The molecule has 1 aromatic carbocycles. The van der Waals surface area contributed by atoms with E-state index in [4.69, 9.17) is 16.7 Å². The van der Waals surface area contributed by atoms with Gasteiger partial charge in [-0.2, -0.15) is 0 Å². The maximum Gasteiger partial charge on any atom is 0.328 e. The van der Waals surface area contributed by atoms with Crippen molar-refractivity contribution < 1.29 is 9.90 Å². The third-order valence-electron chi connectivity index (χ3n) is 3.24. The van der Waals surface area contributed by atoms with E-state index in [1.54, 1.807) is 12.1 Å². The van der Waals surface area contributed by atoms with E-state index in [1.165, 1.54) is 0 Å². The van der Waals surface area contributed by atoms with Crippen LogP contribution in [0.1, 0.15) is 5.56 Å². The highest BCUT2D eigenvalue weighted by Gasteiger charge is 2.16. The maximum absolute atomic E-state index is 10.6.